The normalized spacial score (nSPS) is 11.1. The first kappa shape index (κ1) is 27.4. The predicted octanol–water partition coefficient (Wildman–Crippen LogP) is 6.97. The monoisotopic (exact) mass is 511 g/mol. The number of hydrogen-bond acceptors (Lipinski definition) is 3. The quantitative estimate of drug-likeness (QED) is 0.175. The SMILES string of the molecule is Cc1cc(C)cc(OCCCCn2c(CCCCCNC(=O)CCc3ccccc3)nc3ccccc32)c1. The van der Waals surface area contributed by atoms with Crippen molar-refractivity contribution in [2.45, 2.75) is 71.8 Å². The van der Waals surface area contributed by atoms with E-state index in [2.05, 4.69) is 78.3 Å². The third kappa shape index (κ3) is 8.47. The van der Waals surface area contributed by atoms with Crippen molar-refractivity contribution in [1.29, 1.82) is 0 Å². The van der Waals surface area contributed by atoms with Crippen LogP contribution in [-0.4, -0.2) is 28.6 Å². The summed E-state index contributed by atoms with van der Waals surface area (Å²) < 4.78 is 8.39. The number of nitrogens with zero attached hydrogens (tertiary/aromatic N) is 2. The van der Waals surface area contributed by atoms with Gasteiger partial charge in [0.1, 0.15) is 11.6 Å². The number of aromatic nitrogens is 2. The Labute approximate surface area is 227 Å². The van der Waals surface area contributed by atoms with Gasteiger partial charge in [0.2, 0.25) is 5.91 Å². The maximum absolute atomic E-state index is 12.1. The highest BCUT2D eigenvalue weighted by atomic mass is 16.5. The zero-order valence-corrected chi connectivity index (χ0v) is 22.9. The van der Waals surface area contributed by atoms with Crippen molar-refractivity contribution in [2.24, 2.45) is 0 Å². The third-order valence-electron chi connectivity index (χ3n) is 6.86. The van der Waals surface area contributed by atoms with E-state index in [0.29, 0.717) is 6.42 Å². The van der Waals surface area contributed by atoms with Crippen LogP contribution in [0.3, 0.4) is 0 Å². The molecule has 0 aliphatic heterocycles. The van der Waals surface area contributed by atoms with Gasteiger partial charge in [-0.1, -0.05) is 55.0 Å². The fraction of sp³-hybridized carbons (Fsp3) is 0.394. The van der Waals surface area contributed by atoms with Crippen LogP contribution in [0.2, 0.25) is 0 Å². The number of imidazole rings is 1. The highest BCUT2D eigenvalue weighted by Crippen LogP contribution is 2.20. The van der Waals surface area contributed by atoms with Crippen molar-refractivity contribution in [3.63, 3.8) is 0 Å². The zero-order valence-electron chi connectivity index (χ0n) is 22.9. The summed E-state index contributed by atoms with van der Waals surface area (Å²) in [5.41, 5.74) is 5.96. The second kappa shape index (κ2) is 14.4. The summed E-state index contributed by atoms with van der Waals surface area (Å²) in [6.45, 7) is 6.62. The van der Waals surface area contributed by atoms with Crippen LogP contribution >= 0.6 is 0 Å². The maximum atomic E-state index is 12.1. The van der Waals surface area contributed by atoms with Crippen molar-refractivity contribution in [1.82, 2.24) is 14.9 Å². The van der Waals surface area contributed by atoms with Crippen LogP contribution < -0.4 is 10.1 Å². The molecule has 0 spiro atoms. The molecule has 5 heteroatoms. The predicted molar refractivity (Wildman–Crippen MR) is 156 cm³/mol. The second-order valence-corrected chi connectivity index (χ2v) is 10.2. The lowest BCUT2D eigenvalue weighted by Crippen LogP contribution is -2.24. The molecule has 0 unspecified atom stereocenters. The van der Waals surface area contributed by atoms with Gasteiger partial charge in [-0.2, -0.15) is 0 Å². The smallest absolute Gasteiger partial charge is 0.220 e. The molecule has 1 N–H and O–H groups in total. The van der Waals surface area contributed by atoms with Gasteiger partial charge < -0.3 is 14.6 Å². The lowest BCUT2D eigenvalue weighted by Gasteiger charge is -2.11. The summed E-state index contributed by atoms with van der Waals surface area (Å²) in [6, 6.07) is 25.0. The largest absolute Gasteiger partial charge is 0.494 e. The lowest BCUT2D eigenvalue weighted by atomic mass is 10.1. The first-order valence-corrected chi connectivity index (χ1v) is 14.0. The van der Waals surface area contributed by atoms with Crippen LogP contribution in [0.4, 0.5) is 0 Å². The maximum Gasteiger partial charge on any atom is 0.220 e. The van der Waals surface area contributed by atoms with E-state index in [9.17, 15) is 4.79 Å². The summed E-state index contributed by atoms with van der Waals surface area (Å²) in [5, 5.41) is 3.07. The molecule has 200 valence electrons. The number of nitrogens with one attached hydrogen (secondary N) is 1. The summed E-state index contributed by atoms with van der Waals surface area (Å²) in [6.07, 6.45) is 7.48. The molecule has 1 heterocycles. The molecule has 3 aromatic carbocycles. The zero-order chi connectivity index (χ0) is 26.6. The number of carbonyl (C=O) groups excluding carboxylic acids is 1. The molecular formula is C33H41N3O2. The van der Waals surface area contributed by atoms with Crippen LogP contribution in [-0.2, 0) is 24.2 Å². The minimum atomic E-state index is 0.136. The van der Waals surface area contributed by atoms with Gasteiger partial charge in [-0.05, 0) is 86.9 Å². The molecule has 0 fully saturated rings. The van der Waals surface area contributed by atoms with Gasteiger partial charge in [0.05, 0.1) is 17.6 Å². The number of ether oxygens (including phenoxy) is 1. The Kier molecular flexibility index (Phi) is 10.4. The van der Waals surface area contributed by atoms with Crippen LogP contribution in [0.15, 0.2) is 72.8 Å². The molecule has 0 atom stereocenters. The van der Waals surface area contributed by atoms with Gasteiger partial charge in [0.25, 0.3) is 0 Å². The molecule has 0 aliphatic carbocycles. The van der Waals surface area contributed by atoms with Crippen molar-refractivity contribution in [2.75, 3.05) is 13.2 Å². The van der Waals surface area contributed by atoms with Crippen molar-refractivity contribution in [3.05, 3.63) is 95.3 Å². The van der Waals surface area contributed by atoms with E-state index in [1.54, 1.807) is 0 Å². The summed E-state index contributed by atoms with van der Waals surface area (Å²) in [7, 11) is 0. The Balaban J connectivity index is 1.17. The van der Waals surface area contributed by atoms with Crippen molar-refractivity contribution in [3.8, 4) is 5.75 Å². The lowest BCUT2D eigenvalue weighted by molar-refractivity contribution is -0.121. The first-order valence-electron chi connectivity index (χ1n) is 14.0. The first-order chi connectivity index (χ1) is 18.6. The van der Waals surface area contributed by atoms with E-state index in [-0.39, 0.29) is 5.91 Å². The molecule has 5 nitrogen and oxygen atoms in total. The topological polar surface area (TPSA) is 56.1 Å². The molecule has 0 radical (unpaired) electrons. The number of amides is 1. The fourth-order valence-corrected chi connectivity index (χ4v) is 4.95. The second-order valence-electron chi connectivity index (χ2n) is 10.2. The molecule has 4 rings (SSSR count). The average molecular weight is 512 g/mol. The van der Waals surface area contributed by atoms with Crippen molar-refractivity contribution >= 4 is 16.9 Å². The molecule has 0 saturated carbocycles. The van der Waals surface area contributed by atoms with E-state index in [0.717, 1.165) is 81.7 Å². The van der Waals surface area contributed by atoms with Gasteiger partial charge in [0, 0.05) is 25.9 Å². The minimum absolute atomic E-state index is 0.136. The number of rotatable bonds is 15. The van der Waals surface area contributed by atoms with E-state index in [4.69, 9.17) is 9.72 Å². The van der Waals surface area contributed by atoms with E-state index in [1.165, 1.54) is 22.2 Å². The van der Waals surface area contributed by atoms with Crippen molar-refractivity contribution < 1.29 is 9.53 Å². The standard InChI is InChI=1S/C33H41N3O2/c1-26-23-27(2)25-29(24-26)38-22-12-11-21-36-31-16-9-8-15-30(31)35-32(36)17-7-4-10-20-34-33(37)19-18-28-13-5-3-6-14-28/h3,5-6,8-9,13-16,23-25H,4,7,10-12,17-22H2,1-2H3,(H,34,37). The van der Waals surface area contributed by atoms with Crippen LogP contribution in [0.1, 0.15) is 61.0 Å². The number of aryl methyl sites for hydroxylation is 5. The van der Waals surface area contributed by atoms with Gasteiger partial charge in [0.15, 0.2) is 0 Å². The average Bonchev–Trinajstić information content (AvgIpc) is 3.26. The Bertz CT molecular complexity index is 1280. The number of unbranched alkanes of at least 4 members (excludes halogenated alkanes) is 3. The molecule has 0 aliphatic rings. The van der Waals surface area contributed by atoms with E-state index in [1.807, 2.05) is 18.2 Å². The summed E-state index contributed by atoms with van der Waals surface area (Å²) in [4.78, 5) is 17.1. The molecule has 4 aromatic rings. The number of carbonyl (C=O) groups is 1. The van der Waals surface area contributed by atoms with Gasteiger partial charge in [-0.3, -0.25) is 4.79 Å². The van der Waals surface area contributed by atoms with Gasteiger partial charge in [-0.15, -0.1) is 0 Å². The number of fused-ring (bicyclic) bond motifs is 1. The highest BCUT2D eigenvalue weighted by molar-refractivity contribution is 5.76. The molecule has 38 heavy (non-hydrogen) atoms. The van der Waals surface area contributed by atoms with Crippen LogP contribution in [0.25, 0.3) is 11.0 Å². The molecule has 0 saturated heterocycles. The van der Waals surface area contributed by atoms with Gasteiger partial charge >= 0.3 is 0 Å². The molecule has 1 amide bonds. The summed E-state index contributed by atoms with van der Waals surface area (Å²) >= 11 is 0. The van der Waals surface area contributed by atoms with Crippen LogP contribution in [0.5, 0.6) is 5.75 Å². The Morgan fingerprint density at radius 3 is 2.42 bits per heavy atom. The number of para-hydroxylation sites is 2. The molecule has 1 aromatic heterocycles. The van der Waals surface area contributed by atoms with E-state index >= 15 is 0 Å². The van der Waals surface area contributed by atoms with E-state index < -0.39 is 0 Å². The molecular weight excluding hydrogens is 470 g/mol. The minimum Gasteiger partial charge on any atom is -0.494 e. The highest BCUT2D eigenvalue weighted by Gasteiger charge is 2.10. The van der Waals surface area contributed by atoms with Crippen LogP contribution in [0, 0.1) is 13.8 Å². The number of hydrogen-bond donors (Lipinski definition) is 1. The Hall–Kier alpha value is -3.60. The summed E-state index contributed by atoms with van der Waals surface area (Å²) in [5.74, 6) is 2.26. The number of benzene rings is 3. The van der Waals surface area contributed by atoms with Gasteiger partial charge in [-0.25, -0.2) is 4.98 Å². The molecule has 0 bridgehead atoms. The Morgan fingerprint density at radius 2 is 1.61 bits per heavy atom. The Morgan fingerprint density at radius 1 is 0.842 bits per heavy atom. The third-order valence-corrected chi connectivity index (χ3v) is 6.86. The fourth-order valence-electron chi connectivity index (χ4n) is 4.95.